The van der Waals surface area contributed by atoms with Crippen LogP contribution in [0, 0.1) is 0 Å². The van der Waals surface area contributed by atoms with E-state index < -0.39 is 0 Å². The standard InChI is InChI=1S/C13H23N3/c1-4-6-12-15-11(9-14-3)13-10(2)7-5-8-16(12)13/h10,14H,4-9H2,1-3H3. The highest BCUT2D eigenvalue weighted by Crippen LogP contribution is 2.31. The summed E-state index contributed by atoms with van der Waals surface area (Å²) < 4.78 is 2.48. The maximum absolute atomic E-state index is 4.82. The van der Waals surface area contributed by atoms with Gasteiger partial charge in [-0.25, -0.2) is 4.98 Å². The van der Waals surface area contributed by atoms with E-state index in [2.05, 4.69) is 23.7 Å². The van der Waals surface area contributed by atoms with Crippen LogP contribution >= 0.6 is 0 Å². The zero-order chi connectivity index (χ0) is 11.5. The van der Waals surface area contributed by atoms with Gasteiger partial charge in [0, 0.05) is 25.2 Å². The molecule has 0 amide bonds. The second kappa shape index (κ2) is 5.00. The van der Waals surface area contributed by atoms with Gasteiger partial charge in [-0.1, -0.05) is 13.8 Å². The molecule has 90 valence electrons. The number of aromatic nitrogens is 2. The third kappa shape index (κ3) is 2.01. The summed E-state index contributed by atoms with van der Waals surface area (Å²) in [6, 6.07) is 0. The van der Waals surface area contributed by atoms with E-state index in [1.54, 1.807) is 0 Å². The first-order valence-electron chi connectivity index (χ1n) is 6.50. The Balaban J connectivity index is 2.38. The molecule has 0 aliphatic carbocycles. The molecule has 1 atom stereocenters. The van der Waals surface area contributed by atoms with Crippen LogP contribution in [0.15, 0.2) is 0 Å². The van der Waals surface area contributed by atoms with Gasteiger partial charge in [0.1, 0.15) is 5.82 Å². The average molecular weight is 221 g/mol. The molecule has 1 aliphatic rings. The van der Waals surface area contributed by atoms with Crippen molar-refractivity contribution in [2.24, 2.45) is 0 Å². The molecule has 1 aromatic heterocycles. The first-order chi connectivity index (χ1) is 7.77. The average Bonchev–Trinajstić information content (AvgIpc) is 2.60. The lowest BCUT2D eigenvalue weighted by Crippen LogP contribution is -2.17. The summed E-state index contributed by atoms with van der Waals surface area (Å²) in [6.07, 6.45) is 4.92. The normalized spacial score (nSPS) is 19.8. The fourth-order valence-corrected chi connectivity index (χ4v) is 2.77. The van der Waals surface area contributed by atoms with E-state index in [1.807, 2.05) is 7.05 Å². The topological polar surface area (TPSA) is 29.9 Å². The molecule has 16 heavy (non-hydrogen) atoms. The lowest BCUT2D eigenvalue weighted by Gasteiger charge is -2.23. The highest BCUT2D eigenvalue weighted by Gasteiger charge is 2.23. The Morgan fingerprint density at radius 3 is 3.00 bits per heavy atom. The van der Waals surface area contributed by atoms with Crippen LogP contribution in [0.25, 0.3) is 0 Å². The van der Waals surface area contributed by atoms with Crippen molar-refractivity contribution in [2.45, 2.75) is 58.5 Å². The number of hydrogen-bond donors (Lipinski definition) is 1. The summed E-state index contributed by atoms with van der Waals surface area (Å²) >= 11 is 0. The summed E-state index contributed by atoms with van der Waals surface area (Å²) in [6.45, 7) is 6.64. The van der Waals surface area contributed by atoms with Crippen LogP contribution in [0.5, 0.6) is 0 Å². The Hall–Kier alpha value is -0.830. The lowest BCUT2D eigenvalue weighted by atomic mass is 9.96. The van der Waals surface area contributed by atoms with Gasteiger partial charge in [-0.05, 0) is 32.2 Å². The van der Waals surface area contributed by atoms with E-state index in [1.165, 1.54) is 43.0 Å². The number of rotatable bonds is 4. The highest BCUT2D eigenvalue weighted by atomic mass is 15.1. The van der Waals surface area contributed by atoms with Crippen molar-refractivity contribution in [3.05, 3.63) is 17.2 Å². The number of hydrogen-bond acceptors (Lipinski definition) is 2. The van der Waals surface area contributed by atoms with E-state index in [0.717, 1.165) is 13.0 Å². The molecule has 0 fully saturated rings. The number of nitrogens with one attached hydrogen (secondary N) is 1. The smallest absolute Gasteiger partial charge is 0.109 e. The van der Waals surface area contributed by atoms with Crippen LogP contribution < -0.4 is 5.32 Å². The van der Waals surface area contributed by atoms with Crippen molar-refractivity contribution in [1.29, 1.82) is 0 Å². The quantitative estimate of drug-likeness (QED) is 0.846. The minimum absolute atomic E-state index is 0.676. The first-order valence-corrected chi connectivity index (χ1v) is 6.50. The second-order valence-corrected chi connectivity index (χ2v) is 4.84. The van der Waals surface area contributed by atoms with Crippen molar-refractivity contribution in [3.63, 3.8) is 0 Å². The Morgan fingerprint density at radius 2 is 2.31 bits per heavy atom. The Morgan fingerprint density at radius 1 is 1.50 bits per heavy atom. The van der Waals surface area contributed by atoms with E-state index in [0.29, 0.717) is 5.92 Å². The summed E-state index contributed by atoms with van der Waals surface area (Å²) in [5.41, 5.74) is 2.77. The summed E-state index contributed by atoms with van der Waals surface area (Å²) in [5.74, 6) is 1.98. The van der Waals surface area contributed by atoms with Crippen LogP contribution in [0.3, 0.4) is 0 Å². The summed E-state index contributed by atoms with van der Waals surface area (Å²) in [4.78, 5) is 4.82. The molecular formula is C13H23N3. The minimum atomic E-state index is 0.676. The molecule has 1 N–H and O–H groups in total. The fraction of sp³-hybridized carbons (Fsp3) is 0.769. The zero-order valence-electron chi connectivity index (χ0n) is 10.7. The van der Waals surface area contributed by atoms with Crippen LogP contribution in [0.4, 0.5) is 0 Å². The largest absolute Gasteiger partial charge is 0.331 e. The molecule has 0 saturated carbocycles. The van der Waals surface area contributed by atoms with E-state index in [9.17, 15) is 0 Å². The highest BCUT2D eigenvalue weighted by molar-refractivity contribution is 5.23. The fourth-order valence-electron chi connectivity index (χ4n) is 2.77. The van der Waals surface area contributed by atoms with Gasteiger partial charge < -0.3 is 9.88 Å². The zero-order valence-corrected chi connectivity index (χ0v) is 10.7. The van der Waals surface area contributed by atoms with E-state index in [-0.39, 0.29) is 0 Å². The van der Waals surface area contributed by atoms with Crippen LogP contribution in [-0.2, 0) is 19.5 Å². The van der Waals surface area contributed by atoms with Gasteiger partial charge in [0.05, 0.1) is 5.69 Å². The van der Waals surface area contributed by atoms with Gasteiger partial charge in [0.2, 0.25) is 0 Å². The maximum Gasteiger partial charge on any atom is 0.109 e. The van der Waals surface area contributed by atoms with Crippen molar-refractivity contribution in [2.75, 3.05) is 7.05 Å². The molecule has 1 aliphatic heterocycles. The molecule has 0 radical (unpaired) electrons. The molecule has 0 saturated heterocycles. The van der Waals surface area contributed by atoms with Gasteiger partial charge in [-0.3, -0.25) is 0 Å². The van der Waals surface area contributed by atoms with Crippen molar-refractivity contribution in [1.82, 2.24) is 14.9 Å². The minimum Gasteiger partial charge on any atom is -0.331 e. The lowest BCUT2D eigenvalue weighted by molar-refractivity contribution is 0.459. The van der Waals surface area contributed by atoms with E-state index in [4.69, 9.17) is 4.98 Å². The number of aryl methyl sites for hydroxylation is 1. The Kier molecular flexibility index (Phi) is 3.64. The molecule has 0 spiro atoms. The predicted molar refractivity (Wildman–Crippen MR) is 66.6 cm³/mol. The Bertz CT molecular complexity index is 354. The SMILES string of the molecule is CCCc1nc(CNC)c2n1CCCC2C. The molecule has 0 aromatic carbocycles. The van der Waals surface area contributed by atoms with Crippen molar-refractivity contribution in [3.8, 4) is 0 Å². The van der Waals surface area contributed by atoms with Gasteiger partial charge in [-0.15, -0.1) is 0 Å². The molecule has 1 aromatic rings. The van der Waals surface area contributed by atoms with Crippen molar-refractivity contribution < 1.29 is 0 Å². The first kappa shape index (κ1) is 11.6. The van der Waals surface area contributed by atoms with Gasteiger partial charge in [0.25, 0.3) is 0 Å². The molecule has 1 unspecified atom stereocenters. The van der Waals surface area contributed by atoms with Crippen molar-refractivity contribution >= 4 is 0 Å². The summed E-state index contributed by atoms with van der Waals surface area (Å²) in [7, 11) is 2.00. The number of nitrogens with zero attached hydrogens (tertiary/aromatic N) is 2. The Labute approximate surface area is 98.3 Å². The maximum atomic E-state index is 4.82. The monoisotopic (exact) mass is 221 g/mol. The second-order valence-electron chi connectivity index (χ2n) is 4.84. The number of imidazole rings is 1. The third-order valence-corrected chi connectivity index (χ3v) is 3.47. The van der Waals surface area contributed by atoms with Crippen LogP contribution in [0.2, 0.25) is 0 Å². The molecule has 3 nitrogen and oxygen atoms in total. The molecule has 0 bridgehead atoms. The molecule has 3 heteroatoms. The summed E-state index contributed by atoms with van der Waals surface area (Å²) in [5, 5.41) is 3.23. The van der Waals surface area contributed by atoms with E-state index >= 15 is 0 Å². The van der Waals surface area contributed by atoms with Crippen LogP contribution in [0.1, 0.15) is 56.2 Å². The van der Waals surface area contributed by atoms with Crippen LogP contribution in [-0.4, -0.2) is 16.6 Å². The van der Waals surface area contributed by atoms with Gasteiger partial charge >= 0.3 is 0 Å². The van der Waals surface area contributed by atoms with Gasteiger partial charge in [-0.2, -0.15) is 0 Å². The molecule has 2 heterocycles. The third-order valence-electron chi connectivity index (χ3n) is 3.47. The molecular weight excluding hydrogens is 198 g/mol. The number of fused-ring (bicyclic) bond motifs is 1. The van der Waals surface area contributed by atoms with Gasteiger partial charge in [0.15, 0.2) is 0 Å². The molecule has 2 rings (SSSR count). The predicted octanol–water partition coefficient (Wildman–Crippen LogP) is 2.45.